The number of hydrogen-bond donors (Lipinski definition) is 2. The molecule has 154 valence electrons. The molecule has 0 radical (unpaired) electrons. The second-order valence-electron chi connectivity index (χ2n) is 8.27. The first-order valence-electron chi connectivity index (χ1n) is 10.8. The predicted molar refractivity (Wildman–Crippen MR) is 109 cm³/mol. The van der Waals surface area contributed by atoms with Crippen LogP contribution in [0, 0.1) is 0 Å². The predicted octanol–water partition coefficient (Wildman–Crippen LogP) is 5.31. The number of carbonyl (C=O) groups excluding carboxylic acids is 2. The molecule has 0 rings (SSSR count). The van der Waals surface area contributed by atoms with E-state index in [-0.39, 0.29) is 12.5 Å². The average Bonchev–Trinajstić information content (AvgIpc) is 2.59. The summed E-state index contributed by atoms with van der Waals surface area (Å²) in [6.45, 7) is 5.81. The molecule has 0 aliphatic carbocycles. The number of rotatable bonds is 18. The van der Waals surface area contributed by atoms with E-state index in [2.05, 4.69) is 12.2 Å². The van der Waals surface area contributed by atoms with Crippen molar-refractivity contribution in [2.45, 2.75) is 123 Å². The first-order valence-corrected chi connectivity index (χ1v) is 10.8. The van der Waals surface area contributed by atoms with Crippen LogP contribution in [0.4, 0.5) is 0 Å². The van der Waals surface area contributed by atoms with Crippen LogP contribution in [-0.4, -0.2) is 28.9 Å². The van der Waals surface area contributed by atoms with Crippen LogP contribution in [0.15, 0.2) is 0 Å². The number of unbranched alkanes of at least 4 members (excludes halogenated alkanes) is 10. The first-order chi connectivity index (χ1) is 12.4. The number of Topliss-reactive ketones (excluding diaryl/α,β-unsaturated/α-hetero) is 1. The Kier molecular flexibility index (Phi) is 15.7. The molecule has 1 amide bonds. The average molecular weight is 370 g/mol. The fourth-order valence-corrected chi connectivity index (χ4v) is 3.02. The highest BCUT2D eigenvalue weighted by Gasteiger charge is 2.18. The number of hydrogen-bond acceptors (Lipinski definition) is 3. The summed E-state index contributed by atoms with van der Waals surface area (Å²) in [7, 11) is 0. The zero-order valence-electron chi connectivity index (χ0n) is 17.6. The van der Waals surface area contributed by atoms with Gasteiger partial charge in [-0.05, 0) is 33.1 Å². The fraction of sp³-hybridized carbons (Fsp3) is 0.909. The van der Waals surface area contributed by atoms with Gasteiger partial charge in [-0.15, -0.1) is 0 Å². The summed E-state index contributed by atoms with van der Waals surface area (Å²) in [5.41, 5.74) is -0.529. The van der Waals surface area contributed by atoms with Crippen molar-refractivity contribution in [3.63, 3.8) is 0 Å². The molecule has 0 aromatic rings. The third-order valence-electron chi connectivity index (χ3n) is 4.79. The van der Waals surface area contributed by atoms with Gasteiger partial charge in [0.2, 0.25) is 5.91 Å². The molecular weight excluding hydrogens is 326 g/mol. The summed E-state index contributed by atoms with van der Waals surface area (Å²) in [5.74, 6) is 0.452. The van der Waals surface area contributed by atoms with Gasteiger partial charge < -0.3 is 10.4 Å². The van der Waals surface area contributed by atoms with Crippen molar-refractivity contribution in [2.75, 3.05) is 6.61 Å². The minimum absolute atomic E-state index is 0.0179. The quantitative estimate of drug-likeness (QED) is 0.322. The van der Waals surface area contributed by atoms with E-state index in [1.165, 1.54) is 32.1 Å². The van der Waals surface area contributed by atoms with Gasteiger partial charge in [0.15, 0.2) is 0 Å². The standard InChI is InChI=1S/C22H43NO3/c1-4-5-6-7-10-13-16-20(25)17-14-11-8-9-12-15-18-21(26)23-22(2,3)19-24/h24H,4-19H2,1-3H3,(H,23,26). The molecule has 0 fully saturated rings. The summed E-state index contributed by atoms with van der Waals surface area (Å²) < 4.78 is 0. The molecule has 0 unspecified atom stereocenters. The Bertz CT molecular complexity index is 366. The van der Waals surface area contributed by atoms with Crippen molar-refractivity contribution in [1.82, 2.24) is 5.32 Å². The van der Waals surface area contributed by atoms with Crippen LogP contribution in [-0.2, 0) is 9.59 Å². The minimum Gasteiger partial charge on any atom is -0.394 e. The Labute approximate surface area is 161 Å². The van der Waals surface area contributed by atoms with E-state index < -0.39 is 5.54 Å². The summed E-state index contributed by atoms with van der Waals surface area (Å²) in [6.07, 6.45) is 15.8. The lowest BCUT2D eigenvalue weighted by molar-refractivity contribution is -0.123. The van der Waals surface area contributed by atoms with Crippen LogP contribution < -0.4 is 5.32 Å². The normalized spacial score (nSPS) is 11.5. The second kappa shape index (κ2) is 16.3. The summed E-state index contributed by atoms with van der Waals surface area (Å²) >= 11 is 0. The summed E-state index contributed by atoms with van der Waals surface area (Å²) in [4.78, 5) is 23.5. The molecule has 4 heteroatoms. The third-order valence-corrected chi connectivity index (χ3v) is 4.79. The van der Waals surface area contributed by atoms with Crippen LogP contribution in [0.1, 0.15) is 117 Å². The number of aliphatic hydroxyl groups excluding tert-OH is 1. The fourth-order valence-electron chi connectivity index (χ4n) is 3.02. The van der Waals surface area contributed by atoms with Crippen molar-refractivity contribution in [3.05, 3.63) is 0 Å². The van der Waals surface area contributed by atoms with Crippen molar-refractivity contribution in [2.24, 2.45) is 0 Å². The molecule has 26 heavy (non-hydrogen) atoms. The molecule has 2 N–H and O–H groups in total. The lowest BCUT2D eigenvalue weighted by atomic mass is 10.0. The zero-order valence-corrected chi connectivity index (χ0v) is 17.6. The van der Waals surface area contributed by atoms with Crippen molar-refractivity contribution in [1.29, 1.82) is 0 Å². The van der Waals surface area contributed by atoms with Crippen LogP contribution in [0.5, 0.6) is 0 Å². The zero-order chi connectivity index (χ0) is 19.7. The Hall–Kier alpha value is -0.900. The lowest BCUT2D eigenvalue weighted by Crippen LogP contribution is -2.46. The molecule has 0 aromatic carbocycles. The molecule has 0 saturated carbocycles. The van der Waals surface area contributed by atoms with Crippen LogP contribution in [0.25, 0.3) is 0 Å². The molecular formula is C22H43NO3. The van der Waals surface area contributed by atoms with Gasteiger partial charge in [0, 0.05) is 19.3 Å². The molecule has 0 aliphatic rings. The van der Waals surface area contributed by atoms with Gasteiger partial charge in [0.25, 0.3) is 0 Å². The van der Waals surface area contributed by atoms with Gasteiger partial charge in [-0.25, -0.2) is 0 Å². The number of carbonyl (C=O) groups is 2. The highest BCUT2D eigenvalue weighted by atomic mass is 16.3. The molecule has 0 aliphatic heterocycles. The van der Waals surface area contributed by atoms with E-state index in [9.17, 15) is 9.59 Å². The highest BCUT2D eigenvalue weighted by Crippen LogP contribution is 2.12. The van der Waals surface area contributed by atoms with Gasteiger partial charge in [-0.1, -0.05) is 64.7 Å². The largest absolute Gasteiger partial charge is 0.394 e. The Balaban J connectivity index is 3.37. The highest BCUT2D eigenvalue weighted by molar-refractivity contribution is 5.78. The van der Waals surface area contributed by atoms with E-state index in [0.29, 0.717) is 12.2 Å². The monoisotopic (exact) mass is 369 g/mol. The van der Waals surface area contributed by atoms with Gasteiger partial charge >= 0.3 is 0 Å². The lowest BCUT2D eigenvalue weighted by Gasteiger charge is -2.23. The Morgan fingerprint density at radius 2 is 1.15 bits per heavy atom. The van der Waals surface area contributed by atoms with Gasteiger partial charge in [-0.2, -0.15) is 0 Å². The summed E-state index contributed by atoms with van der Waals surface area (Å²) in [6, 6.07) is 0. The number of ketones is 1. The van der Waals surface area contributed by atoms with Crippen LogP contribution in [0.2, 0.25) is 0 Å². The number of aliphatic hydroxyl groups is 1. The van der Waals surface area contributed by atoms with E-state index in [1.807, 2.05) is 13.8 Å². The summed E-state index contributed by atoms with van der Waals surface area (Å²) in [5, 5.41) is 12.0. The van der Waals surface area contributed by atoms with Gasteiger partial charge in [0.05, 0.1) is 12.1 Å². The molecule has 0 spiro atoms. The van der Waals surface area contributed by atoms with Crippen molar-refractivity contribution >= 4 is 11.7 Å². The number of amides is 1. The maximum absolute atomic E-state index is 11.8. The van der Waals surface area contributed by atoms with E-state index in [4.69, 9.17) is 5.11 Å². The van der Waals surface area contributed by atoms with E-state index >= 15 is 0 Å². The smallest absolute Gasteiger partial charge is 0.220 e. The molecule has 0 aromatic heterocycles. The van der Waals surface area contributed by atoms with Gasteiger partial charge in [-0.3, -0.25) is 9.59 Å². The minimum atomic E-state index is -0.529. The Morgan fingerprint density at radius 1 is 0.731 bits per heavy atom. The molecule has 4 nitrogen and oxygen atoms in total. The van der Waals surface area contributed by atoms with Crippen molar-refractivity contribution in [3.8, 4) is 0 Å². The maximum atomic E-state index is 11.8. The number of nitrogens with one attached hydrogen (secondary N) is 1. The Morgan fingerprint density at radius 3 is 1.62 bits per heavy atom. The topological polar surface area (TPSA) is 66.4 Å². The second-order valence-corrected chi connectivity index (χ2v) is 8.27. The SMILES string of the molecule is CCCCCCCCC(=O)CCCCCCCCC(=O)NC(C)(C)CO. The molecule has 0 atom stereocenters. The van der Waals surface area contributed by atoms with Crippen LogP contribution >= 0.6 is 0 Å². The molecule has 0 bridgehead atoms. The van der Waals surface area contributed by atoms with Gasteiger partial charge in [0.1, 0.15) is 5.78 Å². The third kappa shape index (κ3) is 16.6. The van der Waals surface area contributed by atoms with E-state index in [0.717, 1.165) is 57.8 Å². The maximum Gasteiger partial charge on any atom is 0.220 e. The molecule has 0 heterocycles. The van der Waals surface area contributed by atoms with Crippen molar-refractivity contribution < 1.29 is 14.7 Å². The van der Waals surface area contributed by atoms with Crippen LogP contribution in [0.3, 0.4) is 0 Å². The first kappa shape index (κ1) is 25.1. The molecule has 0 saturated heterocycles. The van der Waals surface area contributed by atoms with E-state index in [1.54, 1.807) is 0 Å².